The molecule has 2 N–H and O–H groups in total. The number of benzene rings is 1. The molecule has 6 aliphatic rings. The molecule has 4 aliphatic carbocycles. The fourth-order valence-corrected chi connectivity index (χ4v) is 9.36. The van der Waals surface area contributed by atoms with Crippen LogP contribution in [0.25, 0.3) is 0 Å². The SMILES string of the molecule is CC(C)(C)OC(=O)NC(C)(C(=O)N1CC(Oc2ccc(C3CC3B3O[C@@H]4C[C@@H]5C[C@@H](C5(C)C)[C@]4(C)O3)c(OC(=O)OC(C)(C)C)c2C(=O)OC(C)(C)C)C1)c1c[nH]cn1. The summed E-state index contributed by atoms with van der Waals surface area (Å²) in [5.41, 5.74) is -3.49. The zero-order valence-electron chi connectivity index (χ0n) is 36.8. The molecule has 0 radical (unpaired) electrons. The second-order valence-electron chi connectivity index (χ2n) is 20.9. The molecule has 16 heteroatoms. The van der Waals surface area contributed by atoms with Gasteiger partial charge in [0.05, 0.1) is 36.8 Å². The summed E-state index contributed by atoms with van der Waals surface area (Å²) in [6.07, 6.45) is 3.43. The number of carbonyl (C=O) groups is 4. The van der Waals surface area contributed by atoms with Crippen molar-refractivity contribution in [1.29, 1.82) is 0 Å². The molecule has 2 saturated heterocycles. The number of H-pyrrole nitrogens is 1. The molecule has 2 amide bonds. The number of rotatable bonds is 9. The first-order valence-electron chi connectivity index (χ1n) is 20.8. The van der Waals surface area contributed by atoms with Crippen LogP contribution in [0.4, 0.5) is 9.59 Å². The molecule has 3 heterocycles. The summed E-state index contributed by atoms with van der Waals surface area (Å²) in [4.78, 5) is 63.3. The summed E-state index contributed by atoms with van der Waals surface area (Å²) < 4.78 is 42.9. The van der Waals surface area contributed by atoms with Crippen LogP contribution in [0.3, 0.4) is 0 Å². The lowest BCUT2D eigenvalue weighted by Gasteiger charge is -2.64. The Morgan fingerprint density at radius 3 is 2.15 bits per heavy atom. The third-order valence-corrected chi connectivity index (χ3v) is 12.5. The van der Waals surface area contributed by atoms with Gasteiger partial charge in [0, 0.05) is 12.0 Å². The summed E-state index contributed by atoms with van der Waals surface area (Å²) >= 11 is 0. The largest absolute Gasteiger partial charge is 0.514 e. The van der Waals surface area contributed by atoms with Crippen molar-refractivity contribution in [2.24, 2.45) is 17.3 Å². The number of imidazole rings is 1. The van der Waals surface area contributed by atoms with Gasteiger partial charge in [0.25, 0.3) is 5.91 Å². The van der Waals surface area contributed by atoms with Crippen LogP contribution in [0.1, 0.15) is 137 Å². The Hall–Kier alpha value is -4.31. The fraction of sp³-hybridized carbons (Fsp3) is 0.698. The van der Waals surface area contributed by atoms with E-state index in [1.807, 2.05) is 0 Å². The lowest BCUT2D eigenvalue weighted by molar-refractivity contribution is -0.199. The zero-order valence-corrected chi connectivity index (χ0v) is 36.8. The highest BCUT2D eigenvalue weighted by atomic mass is 16.7. The Morgan fingerprint density at radius 1 is 0.898 bits per heavy atom. The molecule has 0 spiro atoms. The number of aromatic nitrogens is 2. The van der Waals surface area contributed by atoms with Crippen molar-refractivity contribution < 1.29 is 52.2 Å². The zero-order chi connectivity index (χ0) is 43.2. The van der Waals surface area contributed by atoms with Gasteiger partial charge in [-0.25, -0.2) is 19.4 Å². The highest BCUT2D eigenvalue weighted by molar-refractivity contribution is 6.49. The number of carbonyl (C=O) groups excluding carboxylic acids is 4. The number of amides is 2. The Labute approximate surface area is 347 Å². The van der Waals surface area contributed by atoms with E-state index in [-0.39, 0.29) is 59.0 Å². The quantitative estimate of drug-likeness (QED) is 0.112. The molecule has 6 fully saturated rings. The minimum atomic E-state index is -1.57. The van der Waals surface area contributed by atoms with Crippen molar-refractivity contribution >= 4 is 31.2 Å². The standard InChI is InChI=1S/C43H61BN4O11/c1-38(2,3)55-34(49)32-28(53-24-20-48(21-24)35(50)42(12,30-19-45-22-46-30)47-36(51)56-39(4,5)6)15-14-25(33(32)54-37(52)57-40(7,8)9)26-18-27(26)44-58-31-17-23-16-29(41(23,10)11)43(31,13)59-44/h14-15,19,22-24,26-27,29,31H,16-18,20-21H2,1-13H3,(H,45,46)(H,47,51)/t23-,26?,27?,29-,31+,42?,43-/m0/s1. The van der Waals surface area contributed by atoms with Crippen LogP contribution >= 0.6 is 0 Å². The minimum Gasteiger partial charge on any atom is -0.486 e. The number of esters is 1. The molecule has 322 valence electrons. The van der Waals surface area contributed by atoms with Crippen molar-refractivity contribution in [2.45, 2.75) is 161 Å². The molecule has 2 bridgehead atoms. The Bertz CT molecular complexity index is 1980. The fourth-order valence-electron chi connectivity index (χ4n) is 9.36. The van der Waals surface area contributed by atoms with Gasteiger partial charge < -0.3 is 48.2 Å². The molecular weight excluding hydrogens is 759 g/mol. The van der Waals surface area contributed by atoms with Crippen LogP contribution in [0.15, 0.2) is 24.7 Å². The lowest BCUT2D eigenvalue weighted by Crippen LogP contribution is -2.65. The van der Waals surface area contributed by atoms with Gasteiger partial charge in [-0.1, -0.05) is 19.9 Å². The average Bonchev–Trinajstić information content (AvgIpc) is 3.46. The molecule has 3 unspecified atom stereocenters. The summed E-state index contributed by atoms with van der Waals surface area (Å²) in [7, 11) is -0.448. The topological polar surface area (TPSA) is 177 Å². The van der Waals surface area contributed by atoms with Crippen molar-refractivity contribution in [3.63, 3.8) is 0 Å². The van der Waals surface area contributed by atoms with Gasteiger partial charge in [-0.2, -0.15) is 0 Å². The number of hydrogen-bond donors (Lipinski definition) is 2. The summed E-state index contributed by atoms with van der Waals surface area (Å²) in [6, 6.07) is 3.49. The first-order valence-corrected chi connectivity index (χ1v) is 20.8. The van der Waals surface area contributed by atoms with E-state index in [2.05, 4.69) is 36.1 Å². The molecule has 1 aromatic heterocycles. The molecule has 4 saturated carbocycles. The van der Waals surface area contributed by atoms with Gasteiger partial charge in [-0.3, -0.25) is 4.79 Å². The van der Waals surface area contributed by atoms with E-state index in [9.17, 15) is 19.2 Å². The second-order valence-corrected chi connectivity index (χ2v) is 20.9. The van der Waals surface area contributed by atoms with Gasteiger partial charge in [-0.15, -0.1) is 0 Å². The van der Waals surface area contributed by atoms with Crippen LogP contribution < -0.4 is 14.8 Å². The number of nitrogens with zero attached hydrogens (tertiary/aromatic N) is 2. The maximum atomic E-state index is 14.2. The van der Waals surface area contributed by atoms with Crippen LogP contribution in [0.2, 0.25) is 5.82 Å². The number of alkyl carbamates (subject to hydrolysis) is 1. The van der Waals surface area contributed by atoms with E-state index >= 15 is 0 Å². The van der Waals surface area contributed by atoms with Gasteiger partial charge in [-0.05, 0) is 130 Å². The van der Waals surface area contributed by atoms with Crippen molar-refractivity contribution in [2.75, 3.05) is 13.1 Å². The van der Waals surface area contributed by atoms with Crippen molar-refractivity contribution in [3.05, 3.63) is 41.5 Å². The first kappa shape index (κ1) is 42.8. The summed E-state index contributed by atoms with van der Waals surface area (Å²) in [6.45, 7) is 24.3. The van der Waals surface area contributed by atoms with E-state index in [1.54, 1.807) is 81.4 Å². The van der Waals surface area contributed by atoms with E-state index in [0.29, 0.717) is 29.5 Å². The van der Waals surface area contributed by atoms with E-state index < -0.39 is 59.7 Å². The Kier molecular flexibility index (Phi) is 10.5. The number of hydrogen-bond acceptors (Lipinski definition) is 12. The Morgan fingerprint density at radius 2 is 1.56 bits per heavy atom. The maximum Gasteiger partial charge on any atom is 0.514 e. The van der Waals surface area contributed by atoms with Crippen LogP contribution in [0.5, 0.6) is 11.5 Å². The van der Waals surface area contributed by atoms with Gasteiger partial charge in [0.1, 0.15) is 34.2 Å². The van der Waals surface area contributed by atoms with E-state index in [1.165, 1.54) is 17.4 Å². The molecular formula is C43H61BN4O11. The highest BCUT2D eigenvalue weighted by Gasteiger charge is 2.70. The normalized spacial score (nSPS) is 28.3. The summed E-state index contributed by atoms with van der Waals surface area (Å²) in [5, 5.41) is 2.71. The molecule has 1 aromatic carbocycles. The van der Waals surface area contributed by atoms with Gasteiger partial charge in [0.15, 0.2) is 11.3 Å². The first-order chi connectivity index (χ1) is 27.2. The maximum absolute atomic E-state index is 14.2. The number of ether oxygens (including phenoxy) is 5. The molecule has 8 rings (SSSR count). The van der Waals surface area contributed by atoms with Crippen LogP contribution in [0, 0.1) is 17.3 Å². The second kappa shape index (κ2) is 14.4. The predicted octanol–water partition coefficient (Wildman–Crippen LogP) is 7.29. The molecule has 15 nitrogen and oxygen atoms in total. The molecule has 7 atom stereocenters. The third kappa shape index (κ3) is 8.40. The molecule has 59 heavy (non-hydrogen) atoms. The minimum absolute atomic E-state index is 0.00951. The molecule has 2 aromatic rings. The van der Waals surface area contributed by atoms with Gasteiger partial charge in [0.2, 0.25) is 0 Å². The smallest absolute Gasteiger partial charge is 0.486 e. The predicted molar refractivity (Wildman–Crippen MR) is 216 cm³/mol. The van der Waals surface area contributed by atoms with Crippen LogP contribution in [-0.2, 0) is 33.9 Å². The highest BCUT2D eigenvalue weighted by Crippen LogP contribution is 2.68. The van der Waals surface area contributed by atoms with Crippen molar-refractivity contribution in [1.82, 2.24) is 20.2 Å². The number of nitrogens with one attached hydrogen (secondary N) is 2. The van der Waals surface area contributed by atoms with Crippen LogP contribution in [-0.4, -0.2) is 93.8 Å². The monoisotopic (exact) mass is 820 g/mol. The average molecular weight is 821 g/mol. The van der Waals surface area contributed by atoms with E-state index in [0.717, 1.165) is 12.8 Å². The lowest BCUT2D eigenvalue weighted by atomic mass is 9.43. The number of likely N-dealkylation sites (tertiary alicyclic amines) is 1. The van der Waals surface area contributed by atoms with Gasteiger partial charge >= 0.3 is 25.3 Å². The molecule has 2 aliphatic heterocycles. The van der Waals surface area contributed by atoms with E-state index in [4.69, 9.17) is 33.0 Å². The van der Waals surface area contributed by atoms with Crippen molar-refractivity contribution in [3.8, 4) is 11.5 Å². The summed E-state index contributed by atoms with van der Waals surface area (Å²) in [5.74, 6) is -0.266. The Balaban J connectivity index is 1.15. The number of aromatic amines is 1. The third-order valence-electron chi connectivity index (χ3n) is 12.5.